The van der Waals surface area contributed by atoms with Gasteiger partial charge in [-0.25, -0.2) is 0 Å². The Labute approximate surface area is 112 Å². The lowest BCUT2D eigenvalue weighted by molar-refractivity contribution is -0.147. The van der Waals surface area contributed by atoms with Crippen LogP contribution in [0.15, 0.2) is 41.5 Å². The highest BCUT2D eigenvalue weighted by Gasteiger charge is 2.17. The minimum atomic E-state index is -0.173. The van der Waals surface area contributed by atoms with E-state index in [2.05, 4.69) is 4.98 Å². The second-order valence-corrected chi connectivity index (χ2v) is 4.40. The summed E-state index contributed by atoms with van der Waals surface area (Å²) in [6.07, 6.45) is 7.45. The van der Waals surface area contributed by atoms with Gasteiger partial charge in [0.15, 0.2) is 0 Å². The summed E-state index contributed by atoms with van der Waals surface area (Å²) in [6, 6.07) is 3.81. The van der Waals surface area contributed by atoms with Crippen molar-refractivity contribution in [3.63, 3.8) is 0 Å². The maximum atomic E-state index is 11.7. The zero-order valence-corrected chi connectivity index (χ0v) is 11.1. The summed E-state index contributed by atoms with van der Waals surface area (Å²) in [6.45, 7) is 4.10. The third-order valence-corrected chi connectivity index (χ3v) is 2.96. The van der Waals surface area contributed by atoms with Gasteiger partial charge >= 0.3 is 5.97 Å². The summed E-state index contributed by atoms with van der Waals surface area (Å²) >= 11 is 0. The molecule has 4 heteroatoms. The molecule has 0 fully saturated rings. The molecule has 19 heavy (non-hydrogen) atoms. The zero-order valence-electron chi connectivity index (χ0n) is 11.1. The van der Waals surface area contributed by atoms with Crippen molar-refractivity contribution in [2.24, 2.45) is 5.92 Å². The monoisotopic (exact) mass is 259 g/mol. The number of pyridine rings is 1. The van der Waals surface area contributed by atoms with Crippen molar-refractivity contribution >= 4 is 5.97 Å². The summed E-state index contributed by atoms with van der Waals surface area (Å²) in [5, 5.41) is 0. The van der Waals surface area contributed by atoms with E-state index >= 15 is 0 Å². The van der Waals surface area contributed by atoms with Crippen LogP contribution in [0.1, 0.15) is 19.4 Å². The lowest BCUT2D eigenvalue weighted by Crippen LogP contribution is -2.17. The van der Waals surface area contributed by atoms with Crippen molar-refractivity contribution in [2.75, 3.05) is 6.61 Å². The molecule has 0 aliphatic carbocycles. The van der Waals surface area contributed by atoms with Crippen LogP contribution in [0, 0.1) is 5.92 Å². The number of rotatable bonds is 5. The van der Waals surface area contributed by atoms with Crippen molar-refractivity contribution in [1.82, 2.24) is 4.98 Å². The maximum absolute atomic E-state index is 11.7. The maximum Gasteiger partial charge on any atom is 0.308 e. The SMILES string of the molecule is CCOC(=O)C(C)Cc1ccncc1-c1ccoc1. The highest BCUT2D eigenvalue weighted by atomic mass is 16.5. The lowest BCUT2D eigenvalue weighted by atomic mass is 9.96. The molecule has 0 spiro atoms. The van der Waals surface area contributed by atoms with E-state index in [-0.39, 0.29) is 11.9 Å². The number of carbonyl (C=O) groups excluding carboxylic acids is 1. The highest BCUT2D eigenvalue weighted by molar-refractivity contribution is 5.73. The second kappa shape index (κ2) is 6.18. The number of furan rings is 1. The third-order valence-electron chi connectivity index (χ3n) is 2.96. The molecule has 0 saturated carbocycles. The average molecular weight is 259 g/mol. The minimum Gasteiger partial charge on any atom is -0.472 e. The van der Waals surface area contributed by atoms with E-state index in [4.69, 9.17) is 9.15 Å². The fraction of sp³-hybridized carbons (Fsp3) is 0.333. The summed E-state index contributed by atoms with van der Waals surface area (Å²) in [5.74, 6) is -0.342. The molecule has 100 valence electrons. The average Bonchev–Trinajstić information content (AvgIpc) is 2.93. The second-order valence-electron chi connectivity index (χ2n) is 4.40. The van der Waals surface area contributed by atoms with E-state index < -0.39 is 0 Å². The van der Waals surface area contributed by atoms with E-state index in [1.807, 2.05) is 26.0 Å². The first-order chi connectivity index (χ1) is 9.22. The molecule has 1 unspecified atom stereocenters. The first-order valence-corrected chi connectivity index (χ1v) is 6.34. The Kier molecular flexibility index (Phi) is 4.34. The predicted octanol–water partition coefficient (Wildman–Crippen LogP) is 3.08. The first-order valence-electron chi connectivity index (χ1n) is 6.34. The van der Waals surface area contributed by atoms with Gasteiger partial charge in [-0.05, 0) is 31.0 Å². The van der Waals surface area contributed by atoms with E-state index in [1.54, 1.807) is 24.9 Å². The molecule has 0 saturated heterocycles. The van der Waals surface area contributed by atoms with E-state index in [0.717, 1.165) is 16.7 Å². The van der Waals surface area contributed by atoms with Crippen LogP contribution in [0.25, 0.3) is 11.1 Å². The Hall–Kier alpha value is -2.10. The van der Waals surface area contributed by atoms with Gasteiger partial charge in [-0.3, -0.25) is 9.78 Å². The first kappa shape index (κ1) is 13.3. The van der Waals surface area contributed by atoms with Crippen molar-refractivity contribution < 1.29 is 13.9 Å². The number of esters is 1. The molecule has 0 aliphatic heterocycles. The number of hydrogen-bond acceptors (Lipinski definition) is 4. The van der Waals surface area contributed by atoms with Gasteiger partial charge in [0.25, 0.3) is 0 Å². The van der Waals surface area contributed by atoms with Crippen LogP contribution in [-0.2, 0) is 16.0 Å². The molecule has 0 aromatic carbocycles. The van der Waals surface area contributed by atoms with E-state index in [9.17, 15) is 4.79 Å². The molecule has 4 nitrogen and oxygen atoms in total. The van der Waals surface area contributed by atoms with Gasteiger partial charge in [-0.1, -0.05) is 6.92 Å². The standard InChI is InChI=1S/C15H17NO3/c1-3-19-15(17)11(2)8-12-4-6-16-9-14(12)13-5-7-18-10-13/h4-7,9-11H,3,8H2,1-2H3. The molecule has 2 heterocycles. The summed E-state index contributed by atoms with van der Waals surface area (Å²) in [7, 11) is 0. The van der Waals surface area contributed by atoms with Gasteiger partial charge in [-0.2, -0.15) is 0 Å². The molecular weight excluding hydrogens is 242 g/mol. The van der Waals surface area contributed by atoms with Crippen molar-refractivity contribution in [3.8, 4) is 11.1 Å². The van der Waals surface area contributed by atoms with Crippen molar-refractivity contribution in [2.45, 2.75) is 20.3 Å². The van der Waals surface area contributed by atoms with Crippen molar-refractivity contribution in [1.29, 1.82) is 0 Å². The quantitative estimate of drug-likeness (QED) is 0.774. The van der Waals surface area contributed by atoms with Gasteiger partial charge in [-0.15, -0.1) is 0 Å². The minimum absolute atomic E-state index is 0.169. The van der Waals surface area contributed by atoms with Gasteiger partial charge in [0, 0.05) is 23.5 Å². The molecule has 0 bridgehead atoms. The van der Waals surface area contributed by atoms with Crippen LogP contribution in [0.3, 0.4) is 0 Å². The number of carbonyl (C=O) groups is 1. The highest BCUT2D eigenvalue weighted by Crippen LogP contribution is 2.25. The van der Waals surface area contributed by atoms with Gasteiger partial charge in [0.2, 0.25) is 0 Å². The van der Waals surface area contributed by atoms with Gasteiger partial charge in [0.1, 0.15) is 0 Å². The topological polar surface area (TPSA) is 52.3 Å². The van der Waals surface area contributed by atoms with Crippen LogP contribution in [0.4, 0.5) is 0 Å². The molecule has 0 radical (unpaired) electrons. The number of hydrogen-bond donors (Lipinski definition) is 0. The van der Waals surface area contributed by atoms with Crippen LogP contribution in [-0.4, -0.2) is 17.6 Å². The van der Waals surface area contributed by atoms with Crippen LogP contribution in [0.5, 0.6) is 0 Å². The van der Waals surface area contributed by atoms with Gasteiger partial charge < -0.3 is 9.15 Å². The molecule has 2 aromatic heterocycles. The third kappa shape index (κ3) is 3.22. The molecule has 2 aromatic rings. The lowest BCUT2D eigenvalue weighted by Gasteiger charge is -2.12. The van der Waals surface area contributed by atoms with Crippen LogP contribution >= 0.6 is 0 Å². The van der Waals surface area contributed by atoms with Crippen LogP contribution in [0.2, 0.25) is 0 Å². The largest absolute Gasteiger partial charge is 0.472 e. The fourth-order valence-electron chi connectivity index (χ4n) is 1.98. The van der Waals surface area contributed by atoms with Crippen molar-refractivity contribution in [3.05, 3.63) is 42.6 Å². The van der Waals surface area contributed by atoms with E-state index in [0.29, 0.717) is 13.0 Å². The molecule has 2 rings (SSSR count). The van der Waals surface area contributed by atoms with E-state index in [1.165, 1.54) is 0 Å². The predicted molar refractivity (Wildman–Crippen MR) is 71.4 cm³/mol. The number of aromatic nitrogens is 1. The number of nitrogens with zero attached hydrogens (tertiary/aromatic N) is 1. The Balaban J connectivity index is 2.19. The normalized spacial score (nSPS) is 12.1. The Morgan fingerprint density at radius 2 is 2.32 bits per heavy atom. The number of ether oxygens (including phenoxy) is 1. The molecule has 1 atom stereocenters. The Bertz CT molecular complexity index is 534. The van der Waals surface area contributed by atoms with Gasteiger partial charge in [0.05, 0.1) is 25.1 Å². The summed E-state index contributed by atoms with van der Waals surface area (Å²) in [5.41, 5.74) is 3.03. The zero-order chi connectivity index (χ0) is 13.7. The van der Waals surface area contributed by atoms with Crippen LogP contribution < -0.4 is 0 Å². The smallest absolute Gasteiger partial charge is 0.308 e. The molecule has 0 N–H and O–H groups in total. The summed E-state index contributed by atoms with van der Waals surface area (Å²) < 4.78 is 10.1. The molecule has 0 amide bonds. The Morgan fingerprint density at radius 1 is 1.47 bits per heavy atom. The molecular formula is C15H17NO3. The molecule has 0 aliphatic rings. The summed E-state index contributed by atoms with van der Waals surface area (Å²) in [4.78, 5) is 15.8. The Morgan fingerprint density at radius 3 is 3.00 bits per heavy atom. The fourth-order valence-corrected chi connectivity index (χ4v) is 1.98.